The van der Waals surface area contributed by atoms with E-state index in [1.165, 1.54) is 12.8 Å². The van der Waals surface area contributed by atoms with E-state index in [1.54, 1.807) is 19.5 Å². The molecule has 144 valence electrons. The molecule has 0 unspecified atom stereocenters. The molecule has 1 aromatic rings. The van der Waals surface area contributed by atoms with E-state index in [0.717, 1.165) is 51.8 Å². The van der Waals surface area contributed by atoms with Crippen LogP contribution in [-0.2, 0) is 4.74 Å². The summed E-state index contributed by atoms with van der Waals surface area (Å²) in [5.74, 6) is 1.27. The summed E-state index contributed by atoms with van der Waals surface area (Å²) in [5.41, 5.74) is 0. The maximum atomic E-state index is 12.5. The first kappa shape index (κ1) is 18.8. The van der Waals surface area contributed by atoms with Crippen LogP contribution in [0.1, 0.15) is 12.8 Å². The predicted octanol–water partition coefficient (Wildman–Crippen LogP) is 0.667. The molecule has 2 aliphatic rings. The quantitative estimate of drug-likeness (QED) is 0.802. The average Bonchev–Trinajstić information content (AvgIpc) is 2.71. The third kappa shape index (κ3) is 5.28. The number of amides is 2. The summed E-state index contributed by atoms with van der Waals surface area (Å²) >= 11 is 0. The molecule has 0 aliphatic carbocycles. The van der Waals surface area contributed by atoms with Crippen molar-refractivity contribution in [2.45, 2.75) is 12.8 Å². The number of piperazine rings is 1. The van der Waals surface area contributed by atoms with E-state index in [9.17, 15) is 4.79 Å². The van der Waals surface area contributed by atoms with E-state index < -0.39 is 0 Å². The minimum absolute atomic E-state index is 0.0487. The number of hydrogen-bond acceptors (Lipinski definition) is 6. The van der Waals surface area contributed by atoms with Crippen molar-refractivity contribution in [3.8, 4) is 0 Å². The molecular weight excluding hydrogens is 332 g/mol. The molecule has 8 nitrogen and oxygen atoms in total. The van der Waals surface area contributed by atoms with Crippen LogP contribution >= 0.6 is 0 Å². The van der Waals surface area contributed by atoms with Crippen molar-refractivity contribution in [2.24, 2.45) is 5.92 Å². The second-order valence-electron chi connectivity index (χ2n) is 7.01. The summed E-state index contributed by atoms with van der Waals surface area (Å²) in [6.07, 6.45) is 5.88. The van der Waals surface area contributed by atoms with Crippen molar-refractivity contribution in [2.75, 3.05) is 71.0 Å². The summed E-state index contributed by atoms with van der Waals surface area (Å²) < 4.78 is 5.17. The van der Waals surface area contributed by atoms with Crippen molar-refractivity contribution >= 4 is 12.0 Å². The number of aromatic nitrogens is 2. The van der Waals surface area contributed by atoms with Crippen molar-refractivity contribution in [3.05, 3.63) is 18.5 Å². The van der Waals surface area contributed by atoms with E-state index >= 15 is 0 Å². The molecule has 0 spiro atoms. The number of nitrogens with zero attached hydrogens (tertiary/aromatic N) is 5. The highest BCUT2D eigenvalue weighted by atomic mass is 16.5. The van der Waals surface area contributed by atoms with E-state index in [-0.39, 0.29) is 6.03 Å². The van der Waals surface area contributed by atoms with Crippen LogP contribution in [0.3, 0.4) is 0 Å². The van der Waals surface area contributed by atoms with Crippen LogP contribution in [-0.4, -0.2) is 91.9 Å². The lowest BCUT2D eigenvalue weighted by Gasteiger charge is -2.36. The first-order chi connectivity index (χ1) is 12.8. The van der Waals surface area contributed by atoms with Gasteiger partial charge in [-0.15, -0.1) is 0 Å². The minimum Gasteiger partial charge on any atom is -0.383 e. The normalized spacial score (nSPS) is 21.7. The van der Waals surface area contributed by atoms with Gasteiger partial charge in [-0.3, -0.25) is 0 Å². The highest BCUT2D eigenvalue weighted by molar-refractivity contribution is 5.74. The number of piperidine rings is 1. The highest BCUT2D eigenvalue weighted by Crippen LogP contribution is 2.16. The van der Waals surface area contributed by atoms with E-state index in [2.05, 4.69) is 25.1 Å². The second-order valence-corrected chi connectivity index (χ2v) is 7.01. The second kappa shape index (κ2) is 9.68. The summed E-state index contributed by atoms with van der Waals surface area (Å²) in [6.45, 7) is 7.63. The zero-order chi connectivity index (χ0) is 18.2. The minimum atomic E-state index is 0.0487. The third-order valence-electron chi connectivity index (χ3n) is 5.16. The lowest BCUT2D eigenvalue weighted by Crippen LogP contribution is -2.53. The number of methoxy groups -OCH3 is 1. The van der Waals surface area contributed by atoms with Crippen molar-refractivity contribution in [3.63, 3.8) is 0 Å². The van der Waals surface area contributed by atoms with Gasteiger partial charge in [0, 0.05) is 65.3 Å². The van der Waals surface area contributed by atoms with Gasteiger partial charge in [0.25, 0.3) is 0 Å². The molecule has 2 fully saturated rings. The van der Waals surface area contributed by atoms with Gasteiger partial charge in [0.2, 0.25) is 5.95 Å². The van der Waals surface area contributed by atoms with Crippen LogP contribution < -0.4 is 10.2 Å². The summed E-state index contributed by atoms with van der Waals surface area (Å²) in [4.78, 5) is 27.5. The van der Waals surface area contributed by atoms with Gasteiger partial charge in [0.15, 0.2) is 0 Å². The number of carbonyl (C=O) groups is 1. The standard InChI is InChI=1S/C18H30N6O2/c1-26-13-12-22-7-2-4-16(15-22)14-21-18(25)24-10-8-23(9-11-24)17-19-5-3-6-20-17/h3,5-6,16H,2,4,7-15H2,1H3,(H,21,25)/t16-/m1/s1. The first-order valence-electron chi connectivity index (χ1n) is 9.52. The van der Waals surface area contributed by atoms with Crippen molar-refractivity contribution in [1.82, 2.24) is 25.1 Å². The number of rotatable bonds is 6. The number of likely N-dealkylation sites (tertiary alicyclic amines) is 1. The molecule has 0 aromatic carbocycles. The summed E-state index contributed by atoms with van der Waals surface area (Å²) in [6, 6.07) is 1.86. The van der Waals surface area contributed by atoms with Gasteiger partial charge in [-0.1, -0.05) is 0 Å². The molecule has 2 saturated heterocycles. The van der Waals surface area contributed by atoms with Gasteiger partial charge in [0.05, 0.1) is 6.61 Å². The van der Waals surface area contributed by atoms with Crippen LogP contribution in [0.15, 0.2) is 18.5 Å². The average molecular weight is 362 g/mol. The molecule has 1 aromatic heterocycles. The van der Waals surface area contributed by atoms with Crippen molar-refractivity contribution in [1.29, 1.82) is 0 Å². The Morgan fingerprint density at radius 2 is 2.00 bits per heavy atom. The van der Waals surface area contributed by atoms with Gasteiger partial charge in [-0.25, -0.2) is 14.8 Å². The van der Waals surface area contributed by atoms with E-state index in [4.69, 9.17) is 4.74 Å². The molecule has 2 aliphatic heterocycles. The third-order valence-corrected chi connectivity index (χ3v) is 5.16. The number of urea groups is 1. The number of nitrogens with one attached hydrogen (secondary N) is 1. The molecule has 0 saturated carbocycles. The fourth-order valence-electron chi connectivity index (χ4n) is 3.65. The van der Waals surface area contributed by atoms with Crippen LogP contribution in [0, 0.1) is 5.92 Å². The number of hydrogen-bond donors (Lipinski definition) is 1. The lowest BCUT2D eigenvalue weighted by atomic mass is 9.98. The van der Waals surface area contributed by atoms with Crippen LogP contribution in [0.2, 0.25) is 0 Å². The van der Waals surface area contributed by atoms with Crippen LogP contribution in [0.25, 0.3) is 0 Å². The molecule has 26 heavy (non-hydrogen) atoms. The highest BCUT2D eigenvalue weighted by Gasteiger charge is 2.24. The predicted molar refractivity (Wildman–Crippen MR) is 100 cm³/mol. The van der Waals surface area contributed by atoms with Gasteiger partial charge in [-0.05, 0) is 31.4 Å². The molecule has 3 rings (SSSR count). The Hall–Kier alpha value is -1.93. The maximum absolute atomic E-state index is 12.5. The van der Waals surface area contributed by atoms with Crippen molar-refractivity contribution < 1.29 is 9.53 Å². The zero-order valence-corrected chi connectivity index (χ0v) is 15.6. The Bertz CT molecular complexity index is 550. The molecule has 8 heteroatoms. The maximum Gasteiger partial charge on any atom is 0.317 e. The fraction of sp³-hybridized carbons (Fsp3) is 0.722. The summed E-state index contributed by atoms with van der Waals surface area (Å²) in [5, 5.41) is 3.13. The Balaban J connectivity index is 1.38. The van der Waals surface area contributed by atoms with Crippen LogP contribution in [0.5, 0.6) is 0 Å². The Kier molecular flexibility index (Phi) is 7.02. The first-order valence-corrected chi connectivity index (χ1v) is 9.52. The zero-order valence-electron chi connectivity index (χ0n) is 15.6. The number of carbonyl (C=O) groups excluding carboxylic acids is 1. The number of anilines is 1. The van der Waals surface area contributed by atoms with Gasteiger partial charge >= 0.3 is 6.03 Å². The SMILES string of the molecule is COCCN1CCC[C@H](CNC(=O)N2CCN(c3ncccn3)CC2)C1. The molecular formula is C18H30N6O2. The Labute approximate surface area is 155 Å². The summed E-state index contributed by atoms with van der Waals surface area (Å²) in [7, 11) is 1.74. The largest absolute Gasteiger partial charge is 0.383 e. The molecule has 1 N–H and O–H groups in total. The fourth-order valence-corrected chi connectivity index (χ4v) is 3.65. The molecule has 0 radical (unpaired) electrons. The molecule has 3 heterocycles. The molecule has 0 bridgehead atoms. The van der Waals surface area contributed by atoms with E-state index in [0.29, 0.717) is 19.0 Å². The molecule has 1 atom stereocenters. The van der Waals surface area contributed by atoms with Gasteiger partial charge < -0.3 is 24.8 Å². The molecule has 2 amide bonds. The smallest absolute Gasteiger partial charge is 0.317 e. The van der Waals surface area contributed by atoms with Crippen LogP contribution in [0.4, 0.5) is 10.7 Å². The van der Waals surface area contributed by atoms with Gasteiger partial charge in [-0.2, -0.15) is 0 Å². The lowest BCUT2D eigenvalue weighted by molar-refractivity contribution is 0.113. The topological polar surface area (TPSA) is 73.8 Å². The number of ether oxygens (including phenoxy) is 1. The Morgan fingerprint density at radius 3 is 2.73 bits per heavy atom. The van der Waals surface area contributed by atoms with Gasteiger partial charge in [0.1, 0.15) is 0 Å². The monoisotopic (exact) mass is 362 g/mol. The Morgan fingerprint density at radius 1 is 1.23 bits per heavy atom. The van der Waals surface area contributed by atoms with E-state index in [1.807, 2.05) is 11.0 Å².